The fourth-order valence-corrected chi connectivity index (χ4v) is 1.63. The highest BCUT2D eigenvalue weighted by Gasteiger charge is 2.02. The van der Waals surface area contributed by atoms with Crippen LogP contribution in [0.25, 0.3) is 6.08 Å². The lowest BCUT2D eigenvalue weighted by Gasteiger charge is -1.97. The minimum absolute atomic E-state index is 0.339. The van der Waals surface area contributed by atoms with Gasteiger partial charge in [-0.05, 0) is 42.0 Å². The minimum Gasteiger partial charge on any atom is -0.465 e. The molecule has 0 bridgehead atoms. The zero-order valence-electron chi connectivity index (χ0n) is 11.2. The summed E-state index contributed by atoms with van der Waals surface area (Å²) in [6.45, 7) is 0. The Morgan fingerprint density at radius 3 is 2.40 bits per heavy atom. The molecule has 2 heteroatoms. The van der Waals surface area contributed by atoms with Crippen molar-refractivity contribution < 1.29 is 9.53 Å². The largest absolute Gasteiger partial charge is 0.465 e. The van der Waals surface area contributed by atoms with E-state index < -0.39 is 0 Å². The molecule has 2 rings (SSSR count). The van der Waals surface area contributed by atoms with E-state index >= 15 is 0 Å². The Morgan fingerprint density at radius 2 is 1.75 bits per heavy atom. The first-order chi connectivity index (χ1) is 9.79. The predicted octanol–water partition coefficient (Wildman–Crippen LogP) is 3.54. The number of carbonyl (C=O) groups is 1. The van der Waals surface area contributed by atoms with Crippen LogP contribution in [0.4, 0.5) is 0 Å². The zero-order valence-corrected chi connectivity index (χ0v) is 11.2. The minimum atomic E-state index is -0.339. The number of methoxy groups -OCH3 is 1. The molecule has 0 spiro atoms. The van der Waals surface area contributed by atoms with E-state index in [0.29, 0.717) is 5.56 Å². The van der Waals surface area contributed by atoms with E-state index in [4.69, 9.17) is 0 Å². The molecule has 0 saturated carbocycles. The summed E-state index contributed by atoms with van der Waals surface area (Å²) >= 11 is 0. The summed E-state index contributed by atoms with van der Waals surface area (Å²) in [4.78, 5) is 11.3. The summed E-state index contributed by atoms with van der Waals surface area (Å²) in [5, 5.41) is 0. The molecule has 0 radical (unpaired) electrons. The van der Waals surface area contributed by atoms with E-state index in [-0.39, 0.29) is 5.97 Å². The van der Waals surface area contributed by atoms with E-state index in [1.54, 1.807) is 24.3 Å². The molecule has 0 aliphatic rings. The third kappa shape index (κ3) is 3.86. The highest BCUT2D eigenvalue weighted by atomic mass is 16.5. The smallest absolute Gasteiger partial charge is 0.337 e. The number of ether oxygens (including phenoxy) is 1. The Hall–Kier alpha value is -2.79. The van der Waals surface area contributed by atoms with Gasteiger partial charge in [0.25, 0.3) is 0 Å². The highest BCUT2D eigenvalue weighted by Crippen LogP contribution is 2.05. The van der Waals surface area contributed by atoms with Gasteiger partial charge in [0.2, 0.25) is 0 Å². The van der Waals surface area contributed by atoms with Crippen molar-refractivity contribution in [1.82, 2.24) is 0 Å². The average molecular weight is 262 g/mol. The van der Waals surface area contributed by atoms with Crippen molar-refractivity contribution >= 4 is 12.0 Å². The molecule has 2 nitrogen and oxygen atoms in total. The molecule has 0 amide bonds. The number of esters is 1. The maximum Gasteiger partial charge on any atom is 0.337 e. The molecule has 20 heavy (non-hydrogen) atoms. The van der Waals surface area contributed by atoms with Crippen LogP contribution in [0.15, 0.2) is 60.7 Å². The Labute approximate surface area is 118 Å². The lowest BCUT2D eigenvalue weighted by Crippen LogP contribution is -2.00. The Balaban J connectivity index is 2.02. The van der Waals surface area contributed by atoms with Crippen molar-refractivity contribution in [2.75, 3.05) is 7.11 Å². The van der Waals surface area contributed by atoms with Crippen molar-refractivity contribution in [3.8, 4) is 11.8 Å². The van der Waals surface area contributed by atoms with Gasteiger partial charge in [-0.3, -0.25) is 0 Å². The van der Waals surface area contributed by atoms with Crippen molar-refractivity contribution in [2.45, 2.75) is 0 Å². The van der Waals surface area contributed by atoms with Crippen LogP contribution < -0.4 is 0 Å². The maximum atomic E-state index is 11.3. The molecule has 0 aliphatic carbocycles. The van der Waals surface area contributed by atoms with Gasteiger partial charge >= 0.3 is 5.97 Å². The lowest BCUT2D eigenvalue weighted by molar-refractivity contribution is 0.0601. The van der Waals surface area contributed by atoms with Crippen molar-refractivity contribution in [3.05, 3.63) is 77.4 Å². The Kier molecular flexibility index (Phi) is 4.75. The molecular weight excluding hydrogens is 248 g/mol. The van der Waals surface area contributed by atoms with Gasteiger partial charge in [-0.2, -0.15) is 0 Å². The number of hydrogen-bond acceptors (Lipinski definition) is 2. The van der Waals surface area contributed by atoms with Crippen molar-refractivity contribution in [2.24, 2.45) is 0 Å². The van der Waals surface area contributed by atoms with Crippen LogP contribution in [-0.4, -0.2) is 13.1 Å². The van der Waals surface area contributed by atoms with Gasteiger partial charge in [0, 0.05) is 5.56 Å². The van der Waals surface area contributed by atoms with Crippen molar-refractivity contribution in [3.63, 3.8) is 0 Å². The van der Waals surface area contributed by atoms with Crippen LogP contribution in [0, 0.1) is 11.8 Å². The van der Waals surface area contributed by atoms with Gasteiger partial charge in [-0.1, -0.05) is 42.2 Å². The number of rotatable bonds is 2. The Bertz CT molecular complexity index is 656. The van der Waals surface area contributed by atoms with Gasteiger partial charge in [0.1, 0.15) is 0 Å². The summed E-state index contributed by atoms with van der Waals surface area (Å²) in [6.07, 6.45) is 3.76. The molecule has 0 aromatic heterocycles. The van der Waals surface area contributed by atoms with Crippen LogP contribution >= 0.6 is 0 Å². The van der Waals surface area contributed by atoms with Gasteiger partial charge in [0.05, 0.1) is 12.7 Å². The standard InChI is InChI=1S/C18H14O2/c1-20-18(19)17-13-11-16(12-14-17)10-6-5-9-15-7-3-2-4-8-15/h2-5,7-9,11-14H,1H3. The molecular formula is C18H14O2. The second-order valence-corrected chi connectivity index (χ2v) is 4.08. The highest BCUT2D eigenvalue weighted by molar-refractivity contribution is 5.89. The SMILES string of the molecule is COC(=O)c1ccc(C#CC=Cc2ccccc2)cc1. The molecule has 0 fully saturated rings. The van der Waals surface area contributed by atoms with E-state index in [2.05, 4.69) is 16.6 Å². The first-order valence-electron chi connectivity index (χ1n) is 6.21. The molecule has 0 unspecified atom stereocenters. The summed E-state index contributed by atoms with van der Waals surface area (Å²) in [5.74, 6) is 5.64. The van der Waals surface area contributed by atoms with Crippen molar-refractivity contribution in [1.29, 1.82) is 0 Å². The molecule has 0 N–H and O–H groups in total. The monoisotopic (exact) mass is 262 g/mol. The zero-order chi connectivity index (χ0) is 14.2. The quantitative estimate of drug-likeness (QED) is 0.611. The second-order valence-electron chi connectivity index (χ2n) is 4.08. The van der Waals surface area contributed by atoms with Gasteiger partial charge in [0.15, 0.2) is 0 Å². The van der Waals surface area contributed by atoms with Crippen LogP contribution in [-0.2, 0) is 4.74 Å². The molecule has 0 atom stereocenters. The molecule has 0 heterocycles. The number of hydrogen-bond donors (Lipinski definition) is 0. The van der Waals surface area contributed by atoms with Gasteiger partial charge < -0.3 is 4.74 Å². The summed E-state index contributed by atoms with van der Waals surface area (Å²) in [5.41, 5.74) is 2.50. The van der Waals surface area contributed by atoms with Crippen LogP contribution in [0.3, 0.4) is 0 Å². The van der Waals surface area contributed by atoms with Gasteiger partial charge in [-0.15, -0.1) is 0 Å². The first-order valence-corrected chi connectivity index (χ1v) is 6.21. The third-order valence-corrected chi connectivity index (χ3v) is 2.68. The van der Waals surface area contributed by atoms with Crippen LogP contribution in [0.1, 0.15) is 21.5 Å². The number of allylic oxidation sites excluding steroid dienone is 1. The van der Waals surface area contributed by atoms with Gasteiger partial charge in [-0.25, -0.2) is 4.79 Å². The predicted molar refractivity (Wildman–Crippen MR) is 80.1 cm³/mol. The maximum absolute atomic E-state index is 11.3. The molecule has 0 aliphatic heterocycles. The van der Waals surface area contributed by atoms with E-state index in [0.717, 1.165) is 11.1 Å². The fourth-order valence-electron chi connectivity index (χ4n) is 1.63. The molecule has 2 aromatic carbocycles. The summed E-state index contributed by atoms with van der Waals surface area (Å²) in [6, 6.07) is 17.0. The Morgan fingerprint density at radius 1 is 1.05 bits per heavy atom. The summed E-state index contributed by atoms with van der Waals surface area (Å²) < 4.78 is 4.64. The second kappa shape index (κ2) is 6.96. The van der Waals surface area contributed by atoms with Crippen LogP contribution in [0.2, 0.25) is 0 Å². The third-order valence-electron chi connectivity index (χ3n) is 2.68. The lowest BCUT2D eigenvalue weighted by atomic mass is 10.1. The molecule has 98 valence electrons. The van der Waals surface area contributed by atoms with E-state index in [1.165, 1.54) is 7.11 Å². The average Bonchev–Trinajstić information content (AvgIpc) is 2.52. The van der Waals surface area contributed by atoms with E-state index in [9.17, 15) is 4.79 Å². The molecule has 2 aromatic rings. The molecule has 0 saturated heterocycles. The number of benzene rings is 2. The topological polar surface area (TPSA) is 26.3 Å². The number of carbonyl (C=O) groups excluding carboxylic acids is 1. The summed E-state index contributed by atoms with van der Waals surface area (Å²) in [7, 11) is 1.37. The van der Waals surface area contributed by atoms with E-state index in [1.807, 2.05) is 42.5 Å². The van der Waals surface area contributed by atoms with Crippen LogP contribution in [0.5, 0.6) is 0 Å². The normalized spacial score (nSPS) is 9.85. The fraction of sp³-hybridized carbons (Fsp3) is 0.0556. The first kappa shape index (κ1) is 13.6.